The van der Waals surface area contributed by atoms with E-state index in [2.05, 4.69) is 5.32 Å². The molecule has 0 bridgehead atoms. The Morgan fingerprint density at radius 1 is 1.50 bits per heavy atom. The molecule has 0 radical (unpaired) electrons. The summed E-state index contributed by atoms with van der Waals surface area (Å²) in [5.41, 5.74) is -0.619. The molecule has 0 unspecified atom stereocenters. The molecule has 0 saturated heterocycles. The fourth-order valence-electron chi connectivity index (χ4n) is 2.38. The van der Waals surface area contributed by atoms with Gasteiger partial charge in [-0.2, -0.15) is 0 Å². The topological polar surface area (TPSA) is 69.6 Å². The zero-order valence-electron chi connectivity index (χ0n) is 9.00. The number of rotatable bonds is 2. The highest BCUT2D eigenvalue weighted by atomic mass is 16.4. The molecule has 14 heavy (non-hydrogen) atoms. The summed E-state index contributed by atoms with van der Waals surface area (Å²) in [5.74, 6) is 0.180. The molecule has 1 aliphatic carbocycles. The summed E-state index contributed by atoms with van der Waals surface area (Å²) >= 11 is 0. The molecule has 82 valence electrons. The summed E-state index contributed by atoms with van der Waals surface area (Å²) in [5, 5.41) is 20.5. The number of nitrogens with one attached hydrogen (secondary N) is 1. The van der Waals surface area contributed by atoms with E-state index in [0.29, 0.717) is 0 Å². The maximum absolute atomic E-state index is 10.7. The van der Waals surface area contributed by atoms with Crippen molar-refractivity contribution in [2.45, 2.75) is 39.2 Å². The molecule has 4 nitrogen and oxygen atoms in total. The van der Waals surface area contributed by atoms with Gasteiger partial charge >= 0.3 is 6.09 Å². The first-order chi connectivity index (χ1) is 6.33. The Morgan fingerprint density at radius 2 is 2.07 bits per heavy atom. The molecule has 1 aliphatic rings. The van der Waals surface area contributed by atoms with Crippen LogP contribution in [-0.2, 0) is 0 Å². The minimum Gasteiger partial charge on any atom is -0.465 e. The van der Waals surface area contributed by atoms with Gasteiger partial charge in [0.2, 0.25) is 0 Å². The summed E-state index contributed by atoms with van der Waals surface area (Å²) in [6.07, 6.45) is 0.678. The fourth-order valence-corrected chi connectivity index (χ4v) is 2.38. The second kappa shape index (κ2) is 3.42. The summed E-state index contributed by atoms with van der Waals surface area (Å²) in [4.78, 5) is 10.7. The highest BCUT2D eigenvalue weighted by molar-refractivity contribution is 5.65. The second-order valence-corrected chi connectivity index (χ2v) is 4.90. The van der Waals surface area contributed by atoms with Crippen molar-refractivity contribution in [2.24, 2.45) is 11.3 Å². The Morgan fingerprint density at radius 3 is 2.43 bits per heavy atom. The van der Waals surface area contributed by atoms with Crippen molar-refractivity contribution in [2.75, 3.05) is 6.61 Å². The van der Waals surface area contributed by atoms with Gasteiger partial charge in [0.05, 0.1) is 0 Å². The Labute approximate surface area is 84.3 Å². The molecule has 3 N–H and O–H groups in total. The summed E-state index contributed by atoms with van der Waals surface area (Å²) in [6, 6.07) is 0. The predicted molar refractivity (Wildman–Crippen MR) is 53.2 cm³/mol. The Hall–Kier alpha value is -0.770. The van der Waals surface area contributed by atoms with E-state index in [1.54, 1.807) is 0 Å². The van der Waals surface area contributed by atoms with E-state index in [1.807, 2.05) is 20.8 Å². The Balaban J connectivity index is 2.85. The third kappa shape index (κ3) is 1.59. The number of carboxylic acid groups (broad SMARTS) is 1. The highest BCUT2D eigenvalue weighted by Gasteiger charge is 2.51. The first-order valence-corrected chi connectivity index (χ1v) is 4.95. The molecule has 0 spiro atoms. The molecule has 0 aliphatic heterocycles. The molecule has 4 heteroatoms. The lowest BCUT2D eigenvalue weighted by Crippen LogP contribution is -2.54. The lowest BCUT2D eigenvalue weighted by Gasteiger charge is -2.41. The number of hydrogen-bond acceptors (Lipinski definition) is 2. The second-order valence-electron chi connectivity index (χ2n) is 4.90. The minimum atomic E-state index is -0.987. The van der Waals surface area contributed by atoms with Gasteiger partial charge in [-0.1, -0.05) is 13.8 Å². The average molecular weight is 201 g/mol. The summed E-state index contributed by atoms with van der Waals surface area (Å²) < 4.78 is 0. The zero-order chi connectivity index (χ0) is 11.0. The zero-order valence-corrected chi connectivity index (χ0v) is 9.00. The molecule has 1 amide bonds. The van der Waals surface area contributed by atoms with Gasteiger partial charge in [-0.3, -0.25) is 0 Å². The molecular weight excluding hydrogens is 182 g/mol. The van der Waals surface area contributed by atoms with Gasteiger partial charge in [0.25, 0.3) is 0 Å². The Kier molecular flexibility index (Phi) is 2.76. The van der Waals surface area contributed by atoms with Crippen LogP contribution in [0.5, 0.6) is 0 Å². The maximum Gasteiger partial charge on any atom is 0.405 e. The smallest absolute Gasteiger partial charge is 0.405 e. The van der Waals surface area contributed by atoms with Gasteiger partial charge in [-0.15, -0.1) is 0 Å². The van der Waals surface area contributed by atoms with Gasteiger partial charge in [0.15, 0.2) is 0 Å². The lowest BCUT2D eigenvalue weighted by atomic mass is 9.71. The number of amides is 1. The van der Waals surface area contributed by atoms with Gasteiger partial charge in [0.1, 0.15) is 0 Å². The molecule has 1 rings (SSSR count). The maximum atomic E-state index is 10.7. The van der Waals surface area contributed by atoms with Crippen molar-refractivity contribution < 1.29 is 15.0 Å². The van der Waals surface area contributed by atoms with Crippen molar-refractivity contribution in [3.63, 3.8) is 0 Å². The third-order valence-electron chi connectivity index (χ3n) is 4.04. The Bertz CT molecular complexity index is 240. The summed E-state index contributed by atoms with van der Waals surface area (Å²) in [6.45, 7) is 6.06. The van der Waals surface area contributed by atoms with E-state index in [-0.39, 0.29) is 17.9 Å². The molecule has 1 saturated carbocycles. The minimum absolute atomic E-state index is 0.129. The quantitative estimate of drug-likeness (QED) is 0.633. The fraction of sp³-hybridized carbons (Fsp3) is 0.900. The van der Waals surface area contributed by atoms with Crippen LogP contribution in [0.25, 0.3) is 0 Å². The van der Waals surface area contributed by atoms with E-state index < -0.39 is 11.6 Å². The van der Waals surface area contributed by atoms with Crippen LogP contribution in [0.1, 0.15) is 33.6 Å². The van der Waals surface area contributed by atoms with Gasteiger partial charge in [-0.05, 0) is 31.1 Å². The van der Waals surface area contributed by atoms with E-state index >= 15 is 0 Å². The van der Waals surface area contributed by atoms with Gasteiger partial charge in [0, 0.05) is 12.1 Å². The van der Waals surface area contributed by atoms with Crippen molar-refractivity contribution in [3.8, 4) is 0 Å². The van der Waals surface area contributed by atoms with Gasteiger partial charge in [-0.25, -0.2) is 4.79 Å². The normalized spacial score (nSPS) is 35.6. The van der Waals surface area contributed by atoms with Gasteiger partial charge < -0.3 is 15.5 Å². The molecule has 0 aromatic rings. The first-order valence-electron chi connectivity index (χ1n) is 4.95. The van der Waals surface area contributed by atoms with Crippen LogP contribution in [0.3, 0.4) is 0 Å². The largest absolute Gasteiger partial charge is 0.465 e. The van der Waals surface area contributed by atoms with E-state index in [1.165, 1.54) is 0 Å². The van der Waals surface area contributed by atoms with Crippen molar-refractivity contribution in [1.29, 1.82) is 0 Å². The molecule has 0 aromatic carbocycles. The standard InChI is InChI=1S/C10H19NO3/c1-9(2)7(6-12)4-5-10(9,3)11-8(13)14/h7,11-12H,4-6H2,1-3H3,(H,13,14)/t7-,10-/m0/s1. The predicted octanol–water partition coefficient (Wildman–Crippen LogP) is 1.44. The van der Waals surface area contributed by atoms with Crippen LogP contribution in [-0.4, -0.2) is 28.5 Å². The van der Waals surface area contributed by atoms with Crippen LogP contribution in [0, 0.1) is 11.3 Å². The number of carbonyl (C=O) groups is 1. The van der Waals surface area contributed by atoms with Crippen LogP contribution in [0.4, 0.5) is 4.79 Å². The molecule has 0 aromatic heterocycles. The monoisotopic (exact) mass is 201 g/mol. The van der Waals surface area contributed by atoms with Crippen LogP contribution in [0.15, 0.2) is 0 Å². The van der Waals surface area contributed by atoms with Crippen LogP contribution >= 0.6 is 0 Å². The molecule has 1 fully saturated rings. The number of hydrogen-bond donors (Lipinski definition) is 3. The molecule has 2 atom stereocenters. The molecular formula is C10H19NO3. The average Bonchev–Trinajstić information content (AvgIpc) is 2.22. The van der Waals surface area contributed by atoms with E-state index in [9.17, 15) is 9.90 Å². The third-order valence-corrected chi connectivity index (χ3v) is 4.04. The van der Waals surface area contributed by atoms with Crippen molar-refractivity contribution in [3.05, 3.63) is 0 Å². The first kappa shape index (κ1) is 11.3. The number of aliphatic hydroxyl groups is 1. The SMILES string of the molecule is CC1(C)[C@H](CO)CC[C@]1(C)NC(=O)O. The van der Waals surface area contributed by atoms with Crippen molar-refractivity contribution >= 4 is 6.09 Å². The lowest BCUT2D eigenvalue weighted by molar-refractivity contribution is 0.0817. The van der Waals surface area contributed by atoms with Crippen LogP contribution < -0.4 is 5.32 Å². The van der Waals surface area contributed by atoms with E-state index in [4.69, 9.17) is 5.11 Å². The highest BCUT2D eigenvalue weighted by Crippen LogP contribution is 2.49. The molecule has 0 heterocycles. The van der Waals surface area contributed by atoms with Crippen molar-refractivity contribution in [1.82, 2.24) is 5.32 Å². The van der Waals surface area contributed by atoms with E-state index in [0.717, 1.165) is 12.8 Å². The summed E-state index contributed by atoms with van der Waals surface area (Å²) in [7, 11) is 0. The number of aliphatic hydroxyl groups excluding tert-OH is 1. The van der Waals surface area contributed by atoms with Crippen LogP contribution in [0.2, 0.25) is 0 Å².